The van der Waals surface area contributed by atoms with Crippen LogP contribution in [-0.4, -0.2) is 33.3 Å². The van der Waals surface area contributed by atoms with E-state index < -0.39 is 24.5 Å². The Kier molecular flexibility index (Phi) is 5.13. The van der Waals surface area contributed by atoms with Gasteiger partial charge in [0.15, 0.2) is 0 Å². The molecule has 5 nitrogen and oxygen atoms in total. The molecule has 0 saturated heterocycles. The summed E-state index contributed by atoms with van der Waals surface area (Å²) in [5.74, 6) is -0.409. The largest absolute Gasteiger partial charge is 0.385 e. The standard InChI is InChI=1S/C18H21F2N3O2/c19-16(20)12-23-15(8-11-21-23)17(24)22-14-6-9-18(25,10-7-14)13-4-2-1-3-5-13/h1-5,8,11,14,16,25H,6-7,9-10,12H2,(H,22,24). The van der Waals surface area contributed by atoms with Gasteiger partial charge in [-0.2, -0.15) is 5.10 Å². The number of aromatic nitrogens is 2. The van der Waals surface area contributed by atoms with Crippen LogP contribution in [0.25, 0.3) is 0 Å². The summed E-state index contributed by atoms with van der Waals surface area (Å²) < 4.78 is 26.1. The third-order valence-electron chi connectivity index (χ3n) is 4.72. The molecule has 1 saturated carbocycles. The van der Waals surface area contributed by atoms with Crippen LogP contribution >= 0.6 is 0 Å². The molecule has 2 N–H and O–H groups in total. The molecule has 1 aliphatic carbocycles. The minimum absolute atomic E-state index is 0.0913. The first kappa shape index (κ1) is 17.5. The van der Waals surface area contributed by atoms with Crippen LogP contribution in [0.4, 0.5) is 8.78 Å². The Morgan fingerprint density at radius 1 is 1.28 bits per heavy atom. The first-order valence-corrected chi connectivity index (χ1v) is 8.37. The lowest BCUT2D eigenvalue weighted by Crippen LogP contribution is -2.42. The summed E-state index contributed by atoms with van der Waals surface area (Å²) in [5, 5.41) is 17.4. The Morgan fingerprint density at radius 3 is 2.60 bits per heavy atom. The van der Waals surface area contributed by atoms with Gasteiger partial charge in [-0.05, 0) is 37.3 Å². The van der Waals surface area contributed by atoms with Crippen molar-refractivity contribution in [3.8, 4) is 0 Å². The molecule has 0 aliphatic heterocycles. The molecule has 7 heteroatoms. The number of aliphatic hydroxyl groups is 1. The first-order valence-electron chi connectivity index (χ1n) is 8.37. The summed E-state index contributed by atoms with van der Waals surface area (Å²) in [4.78, 5) is 12.3. The quantitative estimate of drug-likeness (QED) is 0.872. The number of nitrogens with zero attached hydrogens (tertiary/aromatic N) is 2. The van der Waals surface area contributed by atoms with Crippen molar-refractivity contribution in [2.45, 2.75) is 50.3 Å². The third kappa shape index (κ3) is 4.04. The van der Waals surface area contributed by atoms with Crippen molar-refractivity contribution in [2.75, 3.05) is 0 Å². The highest BCUT2D eigenvalue weighted by atomic mass is 19.3. The van der Waals surface area contributed by atoms with E-state index in [1.54, 1.807) is 0 Å². The normalized spacial score (nSPS) is 23.6. The van der Waals surface area contributed by atoms with Crippen molar-refractivity contribution >= 4 is 5.91 Å². The van der Waals surface area contributed by atoms with Gasteiger partial charge in [0.25, 0.3) is 12.3 Å². The van der Waals surface area contributed by atoms with Gasteiger partial charge in [-0.3, -0.25) is 9.48 Å². The fourth-order valence-corrected chi connectivity index (χ4v) is 3.34. The number of nitrogens with one attached hydrogen (secondary N) is 1. The number of hydrogen-bond acceptors (Lipinski definition) is 3. The van der Waals surface area contributed by atoms with Crippen LogP contribution < -0.4 is 5.32 Å². The van der Waals surface area contributed by atoms with E-state index >= 15 is 0 Å². The lowest BCUT2D eigenvalue weighted by molar-refractivity contribution is -0.00809. The van der Waals surface area contributed by atoms with Crippen LogP contribution in [0.1, 0.15) is 41.7 Å². The number of carbonyl (C=O) groups excluding carboxylic acids is 1. The molecular weight excluding hydrogens is 328 g/mol. The van der Waals surface area contributed by atoms with Crippen LogP contribution in [0, 0.1) is 0 Å². The molecule has 0 unspecified atom stereocenters. The van der Waals surface area contributed by atoms with Gasteiger partial charge in [0.1, 0.15) is 12.2 Å². The molecule has 0 radical (unpaired) electrons. The SMILES string of the molecule is O=C(NC1CCC(O)(c2ccccc2)CC1)c1ccnn1CC(F)F. The molecule has 1 fully saturated rings. The molecule has 2 aromatic rings. The molecule has 0 atom stereocenters. The van der Waals surface area contributed by atoms with Crippen LogP contribution in [-0.2, 0) is 12.1 Å². The first-order chi connectivity index (χ1) is 12.0. The number of carbonyl (C=O) groups is 1. The predicted molar refractivity (Wildman–Crippen MR) is 88.3 cm³/mol. The molecule has 1 heterocycles. The van der Waals surface area contributed by atoms with Crippen LogP contribution in [0.5, 0.6) is 0 Å². The number of amides is 1. The highest BCUT2D eigenvalue weighted by molar-refractivity contribution is 5.92. The van der Waals surface area contributed by atoms with E-state index in [0.717, 1.165) is 10.2 Å². The Morgan fingerprint density at radius 2 is 1.96 bits per heavy atom. The molecule has 0 spiro atoms. The smallest absolute Gasteiger partial charge is 0.269 e. The van der Waals surface area contributed by atoms with Crippen molar-refractivity contribution in [1.29, 1.82) is 0 Å². The number of halogens is 2. The lowest BCUT2D eigenvalue weighted by atomic mass is 9.78. The average Bonchev–Trinajstić information content (AvgIpc) is 3.05. The molecule has 3 rings (SSSR count). The van der Waals surface area contributed by atoms with E-state index in [2.05, 4.69) is 10.4 Å². The fourth-order valence-electron chi connectivity index (χ4n) is 3.34. The van der Waals surface area contributed by atoms with E-state index in [0.29, 0.717) is 25.7 Å². The van der Waals surface area contributed by atoms with Crippen molar-refractivity contribution in [1.82, 2.24) is 15.1 Å². The Labute approximate surface area is 144 Å². The second-order valence-electron chi connectivity index (χ2n) is 6.43. The summed E-state index contributed by atoms with van der Waals surface area (Å²) >= 11 is 0. The zero-order valence-electron chi connectivity index (χ0n) is 13.7. The van der Waals surface area contributed by atoms with Crippen molar-refractivity contribution in [3.05, 3.63) is 53.9 Å². The second-order valence-corrected chi connectivity index (χ2v) is 6.43. The van der Waals surface area contributed by atoms with Gasteiger partial charge < -0.3 is 10.4 Å². The van der Waals surface area contributed by atoms with Crippen molar-refractivity contribution in [3.63, 3.8) is 0 Å². The maximum absolute atomic E-state index is 12.5. The lowest BCUT2D eigenvalue weighted by Gasteiger charge is -2.36. The van der Waals surface area contributed by atoms with Gasteiger partial charge in [-0.25, -0.2) is 8.78 Å². The molecule has 1 aliphatic rings. The summed E-state index contributed by atoms with van der Waals surface area (Å²) in [6.45, 7) is -0.603. The van der Waals surface area contributed by atoms with Crippen LogP contribution in [0.3, 0.4) is 0 Å². The number of hydrogen-bond donors (Lipinski definition) is 2. The van der Waals surface area contributed by atoms with E-state index in [9.17, 15) is 18.7 Å². The minimum Gasteiger partial charge on any atom is -0.385 e. The van der Waals surface area contributed by atoms with Gasteiger partial charge in [-0.1, -0.05) is 30.3 Å². The Hall–Kier alpha value is -2.28. The van der Waals surface area contributed by atoms with Crippen molar-refractivity contribution < 1.29 is 18.7 Å². The fraction of sp³-hybridized carbons (Fsp3) is 0.444. The summed E-state index contributed by atoms with van der Waals surface area (Å²) in [6.07, 6.45) is 1.10. The summed E-state index contributed by atoms with van der Waals surface area (Å²) in [5.41, 5.74) is 0.138. The summed E-state index contributed by atoms with van der Waals surface area (Å²) in [7, 11) is 0. The van der Waals surface area contributed by atoms with Gasteiger partial charge in [0.05, 0.1) is 5.60 Å². The van der Waals surface area contributed by atoms with Crippen LogP contribution in [0.15, 0.2) is 42.6 Å². The molecule has 1 amide bonds. The molecule has 134 valence electrons. The molecular formula is C18H21F2N3O2. The highest BCUT2D eigenvalue weighted by Gasteiger charge is 2.35. The second kappa shape index (κ2) is 7.31. The molecule has 1 aromatic carbocycles. The van der Waals surface area contributed by atoms with Gasteiger partial charge in [0, 0.05) is 12.2 Å². The maximum Gasteiger partial charge on any atom is 0.269 e. The van der Waals surface area contributed by atoms with Gasteiger partial charge >= 0.3 is 0 Å². The molecule has 25 heavy (non-hydrogen) atoms. The summed E-state index contributed by atoms with van der Waals surface area (Å²) in [6, 6.07) is 10.8. The van der Waals surface area contributed by atoms with Crippen LogP contribution in [0.2, 0.25) is 0 Å². The maximum atomic E-state index is 12.5. The average molecular weight is 349 g/mol. The number of benzene rings is 1. The van der Waals surface area contributed by atoms with Gasteiger partial charge in [0.2, 0.25) is 0 Å². The van der Waals surface area contributed by atoms with E-state index in [1.807, 2.05) is 30.3 Å². The van der Waals surface area contributed by atoms with E-state index in [4.69, 9.17) is 0 Å². The van der Waals surface area contributed by atoms with E-state index in [-0.39, 0.29) is 11.7 Å². The zero-order valence-corrected chi connectivity index (χ0v) is 13.7. The molecule has 1 aromatic heterocycles. The van der Waals surface area contributed by atoms with E-state index in [1.165, 1.54) is 12.3 Å². The minimum atomic E-state index is -2.57. The Balaban J connectivity index is 1.59. The monoisotopic (exact) mass is 349 g/mol. The molecule has 0 bridgehead atoms. The third-order valence-corrected chi connectivity index (χ3v) is 4.72. The zero-order chi connectivity index (χ0) is 17.9. The number of rotatable bonds is 5. The number of alkyl halides is 2. The highest BCUT2D eigenvalue weighted by Crippen LogP contribution is 2.37. The predicted octanol–water partition coefficient (Wildman–Crippen LogP) is 2.71. The topological polar surface area (TPSA) is 67.2 Å². The van der Waals surface area contributed by atoms with Crippen molar-refractivity contribution in [2.24, 2.45) is 0 Å². The Bertz CT molecular complexity index is 710. The van der Waals surface area contributed by atoms with Gasteiger partial charge in [-0.15, -0.1) is 0 Å².